The maximum Gasteiger partial charge on any atom is 0.127 e. The van der Waals surface area contributed by atoms with Crippen molar-refractivity contribution in [3.8, 4) is 0 Å². The molecule has 0 fully saturated rings. The van der Waals surface area contributed by atoms with Crippen LogP contribution in [0.15, 0.2) is 24.3 Å². The zero-order valence-corrected chi connectivity index (χ0v) is 6.87. The summed E-state index contributed by atoms with van der Waals surface area (Å²) >= 11 is 0. The van der Waals surface area contributed by atoms with Gasteiger partial charge in [0.15, 0.2) is 0 Å². The Bertz CT molecular complexity index is 253. The number of hydrogen-bond donors (Lipinski definition) is 0. The van der Waals surface area contributed by atoms with Crippen LogP contribution in [0.2, 0.25) is 0 Å². The van der Waals surface area contributed by atoms with Crippen molar-refractivity contribution in [3.63, 3.8) is 0 Å². The van der Waals surface area contributed by atoms with E-state index in [4.69, 9.17) is 0 Å². The van der Waals surface area contributed by atoms with Crippen molar-refractivity contribution >= 4 is 6.29 Å². The summed E-state index contributed by atoms with van der Waals surface area (Å²) in [5, 5.41) is 0. The average Bonchev–Trinajstić information content (AvgIpc) is 2.03. The average molecular weight is 148 g/mol. The van der Waals surface area contributed by atoms with E-state index in [0.29, 0.717) is 0 Å². The van der Waals surface area contributed by atoms with Gasteiger partial charge in [-0.3, -0.25) is 0 Å². The molecule has 11 heavy (non-hydrogen) atoms. The lowest BCUT2D eigenvalue weighted by Crippen LogP contribution is -1.93. The summed E-state index contributed by atoms with van der Waals surface area (Å²) in [6, 6.07) is 8.02. The molecule has 0 aliphatic carbocycles. The van der Waals surface area contributed by atoms with Crippen LogP contribution in [0.25, 0.3) is 0 Å². The second-order valence-electron chi connectivity index (χ2n) is 2.84. The SMILES string of the molecule is Cc1cccc([C@H](C)C=O)c1. The molecule has 1 heteroatoms. The first-order chi connectivity index (χ1) is 5.24. The first-order valence-corrected chi connectivity index (χ1v) is 3.76. The summed E-state index contributed by atoms with van der Waals surface area (Å²) in [7, 11) is 0. The Morgan fingerprint density at radius 3 is 2.73 bits per heavy atom. The molecule has 1 nitrogen and oxygen atoms in total. The van der Waals surface area contributed by atoms with Gasteiger partial charge in [0, 0.05) is 5.92 Å². The number of carbonyl (C=O) groups is 1. The number of carbonyl (C=O) groups excluding carboxylic acids is 1. The molecule has 0 amide bonds. The number of rotatable bonds is 2. The predicted octanol–water partition coefficient (Wildman–Crippen LogP) is 2.30. The molecule has 0 saturated carbocycles. The summed E-state index contributed by atoms with van der Waals surface area (Å²) in [4.78, 5) is 10.4. The maximum absolute atomic E-state index is 10.4. The molecule has 0 bridgehead atoms. The highest BCUT2D eigenvalue weighted by molar-refractivity contribution is 5.61. The van der Waals surface area contributed by atoms with Gasteiger partial charge in [-0.15, -0.1) is 0 Å². The van der Waals surface area contributed by atoms with E-state index in [1.54, 1.807) is 0 Å². The van der Waals surface area contributed by atoms with Crippen molar-refractivity contribution in [1.29, 1.82) is 0 Å². The molecule has 0 spiro atoms. The molecule has 1 aromatic rings. The fraction of sp³-hybridized carbons (Fsp3) is 0.300. The molecular weight excluding hydrogens is 136 g/mol. The van der Waals surface area contributed by atoms with Crippen LogP contribution < -0.4 is 0 Å². The van der Waals surface area contributed by atoms with Gasteiger partial charge in [-0.05, 0) is 12.5 Å². The van der Waals surface area contributed by atoms with Crippen LogP contribution in [-0.4, -0.2) is 6.29 Å². The molecule has 0 aromatic heterocycles. The minimum absolute atomic E-state index is 0.0231. The van der Waals surface area contributed by atoms with Crippen LogP contribution in [0.1, 0.15) is 24.0 Å². The summed E-state index contributed by atoms with van der Waals surface area (Å²) in [6.45, 7) is 3.93. The molecule has 0 N–H and O–H groups in total. The molecule has 0 saturated heterocycles. The van der Waals surface area contributed by atoms with Gasteiger partial charge in [0.05, 0.1) is 0 Å². The van der Waals surface area contributed by atoms with E-state index in [1.807, 2.05) is 38.1 Å². The van der Waals surface area contributed by atoms with Gasteiger partial charge >= 0.3 is 0 Å². The lowest BCUT2D eigenvalue weighted by atomic mass is 10.0. The van der Waals surface area contributed by atoms with Crippen LogP contribution in [0.4, 0.5) is 0 Å². The van der Waals surface area contributed by atoms with E-state index < -0.39 is 0 Å². The van der Waals surface area contributed by atoms with Gasteiger partial charge in [-0.1, -0.05) is 36.8 Å². The second-order valence-corrected chi connectivity index (χ2v) is 2.84. The summed E-state index contributed by atoms with van der Waals surface area (Å²) in [5.41, 5.74) is 2.30. The molecule has 0 aliphatic heterocycles. The Hall–Kier alpha value is -1.11. The van der Waals surface area contributed by atoms with E-state index in [0.717, 1.165) is 11.8 Å². The minimum Gasteiger partial charge on any atom is -0.303 e. The molecule has 0 radical (unpaired) electrons. The van der Waals surface area contributed by atoms with Crippen LogP contribution in [-0.2, 0) is 4.79 Å². The Balaban J connectivity index is 2.95. The lowest BCUT2D eigenvalue weighted by Gasteiger charge is -2.03. The topological polar surface area (TPSA) is 17.1 Å². The van der Waals surface area contributed by atoms with E-state index in [2.05, 4.69) is 0 Å². The first kappa shape index (κ1) is 7.99. The van der Waals surface area contributed by atoms with Crippen LogP contribution in [0.5, 0.6) is 0 Å². The van der Waals surface area contributed by atoms with E-state index >= 15 is 0 Å². The Morgan fingerprint density at radius 1 is 1.45 bits per heavy atom. The van der Waals surface area contributed by atoms with Gasteiger partial charge in [0.2, 0.25) is 0 Å². The smallest absolute Gasteiger partial charge is 0.127 e. The zero-order valence-electron chi connectivity index (χ0n) is 6.87. The molecule has 0 aliphatic rings. The highest BCUT2D eigenvalue weighted by atomic mass is 16.1. The summed E-state index contributed by atoms with van der Waals surface area (Å²) < 4.78 is 0. The van der Waals surface area contributed by atoms with Gasteiger partial charge in [0.25, 0.3) is 0 Å². The van der Waals surface area contributed by atoms with Crippen molar-refractivity contribution < 1.29 is 4.79 Å². The van der Waals surface area contributed by atoms with Crippen LogP contribution >= 0.6 is 0 Å². The predicted molar refractivity (Wildman–Crippen MR) is 45.7 cm³/mol. The Morgan fingerprint density at radius 2 is 2.18 bits per heavy atom. The standard InChI is InChI=1S/C10H12O/c1-8-4-3-5-10(6-8)9(2)7-11/h3-7,9H,1-2H3/t9-/m1/s1. The molecule has 1 aromatic carbocycles. The van der Waals surface area contributed by atoms with Crippen LogP contribution in [0, 0.1) is 6.92 Å². The van der Waals surface area contributed by atoms with E-state index in [1.165, 1.54) is 5.56 Å². The Labute approximate surface area is 67.1 Å². The van der Waals surface area contributed by atoms with E-state index in [9.17, 15) is 4.79 Å². The third kappa shape index (κ3) is 1.90. The highest BCUT2D eigenvalue weighted by Crippen LogP contribution is 2.13. The number of aryl methyl sites for hydroxylation is 1. The number of hydrogen-bond acceptors (Lipinski definition) is 1. The van der Waals surface area contributed by atoms with Crippen molar-refractivity contribution in [2.45, 2.75) is 19.8 Å². The third-order valence-corrected chi connectivity index (χ3v) is 1.77. The first-order valence-electron chi connectivity index (χ1n) is 3.76. The largest absolute Gasteiger partial charge is 0.303 e. The van der Waals surface area contributed by atoms with Crippen molar-refractivity contribution in [2.75, 3.05) is 0 Å². The fourth-order valence-corrected chi connectivity index (χ4v) is 1.03. The second kappa shape index (κ2) is 3.33. The lowest BCUT2D eigenvalue weighted by molar-refractivity contribution is -0.108. The van der Waals surface area contributed by atoms with Crippen LogP contribution in [0.3, 0.4) is 0 Å². The molecule has 1 atom stereocenters. The van der Waals surface area contributed by atoms with Crippen molar-refractivity contribution in [3.05, 3.63) is 35.4 Å². The fourth-order valence-electron chi connectivity index (χ4n) is 1.03. The van der Waals surface area contributed by atoms with Gasteiger partial charge in [0.1, 0.15) is 6.29 Å². The molecule has 0 unspecified atom stereocenters. The zero-order chi connectivity index (χ0) is 8.27. The number of benzene rings is 1. The van der Waals surface area contributed by atoms with Gasteiger partial charge in [-0.2, -0.15) is 0 Å². The monoisotopic (exact) mass is 148 g/mol. The van der Waals surface area contributed by atoms with E-state index in [-0.39, 0.29) is 5.92 Å². The minimum atomic E-state index is 0.0231. The summed E-state index contributed by atoms with van der Waals surface area (Å²) in [6.07, 6.45) is 0.967. The maximum atomic E-state index is 10.4. The van der Waals surface area contributed by atoms with Gasteiger partial charge in [-0.25, -0.2) is 0 Å². The van der Waals surface area contributed by atoms with Gasteiger partial charge < -0.3 is 4.79 Å². The van der Waals surface area contributed by atoms with Crippen molar-refractivity contribution in [2.24, 2.45) is 0 Å². The number of aldehydes is 1. The third-order valence-electron chi connectivity index (χ3n) is 1.77. The molecular formula is C10H12O. The molecule has 58 valence electrons. The molecule has 0 heterocycles. The summed E-state index contributed by atoms with van der Waals surface area (Å²) in [5.74, 6) is 0.0231. The quantitative estimate of drug-likeness (QED) is 0.588. The Kier molecular flexibility index (Phi) is 2.42. The normalized spacial score (nSPS) is 12.5. The molecule has 1 rings (SSSR count). The van der Waals surface area contributed by atoms with Crippen molar-refractivity contribution in [1.82, 2.24) is 0 Å². The highest BCUT2D eigenvalue weighted by Gasteiger charge is 2.01.